The third kappa shape index (κ3) is 6.16. The maximum atomic E-state index is 12.9. The molecule has 6 nitrogen and oxygen atoms in total. The van der Waals surface area contributed by atoms with E-state index in [2.05, 4.69) is 12.2 Å². The summed E-state index contributed by atoms with van der Waals surface area (Å²) in [4.78, 5) is 38.6. The Morgan fingerprint density at radius 2 is 2.00 bits per heavy atom. The monoisotopic (exact) mass is 497 g/mol. The first-order valence-corrected chi connectivity index (χ1v) is 11.8. The van der Waals surface area contributed by atoms with E-state index in [1.165, 1.54) is 30.4 Å². The van der Waals surface area contributed by atoms with Gasteiger partial charge in [-0.05, 0) is 56.2 Å². The topological polar surface area (TPSA) is 81.7 Å². The molecule has 2 aromatic rings. The van der Waals surface area contributed by atoms with E-state index >= 15 is 0 Å². The summed E-state index contributed by atoms with van der Waals surface area (Å²) >= 11 is 1.31. The number of benzene rings is 1. The average molecular weight is 498 g/mol. The second kappa shape index (κ2) is 10.6. The van der Waals surface area contributed by atoms with E-state index in [4.69, 9.17) is 9.47 Å². The highest BCUT2D eigenvalue weighted by Gasteiger charge is 2.32. The standard InChI is InChI=1S/C24H26F3NO5S/c1-4-32-23(31)20-17-9-8-13(2)10-18(17)34-22(20)28-21(30)14(3)33-19(29)12-15-6-5-7-16(11-15)24(25,26)27/h5-7,11,13-14H,4,8-10,12H2,1-3H3,(H,28,30). The highest BCUT2D eigenvalue weighted by molar-refractivity contribution is 7.17. The van der Waals surface area contributed by atoms with Crippen molar-refractivity contribution in [1.29, 1.82) is 0 Å². The van der Waals surface area contributed by atoms with Crippen LogP contribution in [0.2, 0.25) is 0 Å². The van der Waals surface area contributed by atoms with E-state index in [0.29, 0.717) is 22.9 Å². The fourth-order valence-electron chi connectivity index (χ4n) is 3.79. The van der Waals surface area contributed by atoms with Crippen molar-refractivity contribution in [1.82, 2.24) is 0 Å². The number of anilines is 1. The summed E-state index contributed by atoms with van der Waals surface area (Å²) in [6.07, 6.45) is -3.73. The van der Waals surface area contributed by atoms with E-state index < -0.39 is 42.1 Å². The molecule has 1 aliphatic carbocycles. The van der Waals surface area contributed by atoms with Gasteiger partial charge in [-0.1, -0.05) is 25.1 Å². The first-order chi connectivity index (χ1) is 16.0. The molecule has 1 aromatic heterocycles. The van der Waals surface area contributed by atoms with Gasteiger partial charge in [-0.25, -0.2) is 4.79 Å². The van der Waals surface area contributed by atoms with Crippen molar-refractivity contribution in [3.05, 3.63) is 51.4 Å². The van der Waals surface area contributed by atoms with Gasteiger partial charge in [-0.15, -0.1) is 11.3 Å². The van der Waals surface area contributed by atoms with Crippen LogP contribution in [0.4, 0.5) is 18.2 Å². The van der Waals surface area contributed by atoms with Gasteiger partial charge in [0.15, 0.2) is 6.10 Å². The molecule has 1 N–H and O–H groups in total. The smallest absolute Gasteiger partial charge is 0.416 e. The lowest BCUT2D eigenvalue weighted by Crippen LogP contribution is -2.30. The fourth-order valence-corrected chi connectivity index (χ4v) is 5.19. The number of ether oxygens (including phenoxy) is 2. The zero-order valence-corrected chi connectivity index (χ0v) is 19.9. The van der Waals surface area contributed by atoms with Gasteiger partial charge in [0, 0.05) is 4.88 Å². The van der Waals surface area contributed by atoms with Gasteiger partial charge < -0.3 is 14.8 Å². The molecule has 184 valence electrons. The number of carbonyl (C=O) groups excluding carboxylic acids is 3. The number of carbonyl (C=O) groups is 3. The number of amides is 1. The van der Waals surface area contributed by atoms with Gasteiger partial charge in [0.25, 0.3) is 5.91 Å². The van der Waals surface area contributed by atoms with Crippen LogP contribution in [-0.4, -0.2) is 30.6 Å². The number of esters is 2. The molecule has 1 amide bonds. The van der Waals surface area contributed by atoms with Crippen molar-refractivity contribution in [2.75, 3.05) is 11.9 Å². The molecular formula is C24H26F3NO5S. The minimum Gasteiger partial charge on any atom is -0.462 e. The van der Waals surface area contributed by atoms with Crippen molar-refractivity contribution in [2.24, 2.45) is 5.92 Å². The Balaban J connectivity index is 1.69. The van der Waals surface area contributed by atoms with Gasteiger partial charge in [-0.2, -0.15) is 13.2 Å². The summed E-state index contributed by atoms with van der Waals surface area (Å²) in [5, 5.41) is 3.02. The molecule has 0 saturated carbocycles. The number of rotatable bonds is 7. The van der Waals surface area contributed by atoms with Crippen LogP contribution < -0.4 is 5.32 Å². The SMILES string of the molecule is CCOC(=O)c1c(NC(=O)C(C)OC(=O)Cc2cccc(C(F)(F)F)c2)sc2c1CCC(C)C2. The molecule has 1 aliphatic rings. The van der Waals surface area contributed by atoms with E-state index in [-0.39, 0.29) is 12.2 Å². The Hall–Kier alpha value is -2.88. The maximum absolute atomic E-state index is 12.9. The van der Waals surface area contributed by atoms with Crippen LogP contribution in [0.5, 0.6) is 0 Å². The summed E-state index contributed by atoms with van der Waals surface area (Å²) in [5.41, 5.74) is 0.471. The Labute approximate surface area is 199 Å². The molecule has 1 aromatic carbocycles. The molecule has 0 radical (unpaired) electrons. The van der Waals surface area contributed by atoms with Crippen LogP contribution in [-0.2, 0) is 44.5 Å². The van der Waals surface area contributed by atoms with Gasteiger partial charge >= 0.3 is 18.1 Å². The molecule has 1 heterocycles. The maximum Gasteiger partial charge on any atom is 0.416 e. The zero-order chi connectivity index (χ0) is 25.0. The Kier molecular flexibility index (Phi) is 8.01. The van der Waals surface area contributed by atoms with E-state index in [1.54, 1.807) is 6.92 Å². The first kappa shape index (κ1) is 25.7. The van der Waals surface area contributed by atoms with Crippen molar-refractivity contribution < 1.29 is 37.0 Å². The summed E-state index contributed by atoms with van der Waals surface area (Å²) in [6.45, 7) is 5.37. The third-order valence-corrected chi connectivity index (χ3v) is 6.68. The predicted octanol–water partition coefficient (Wildman–Crippen LogP) is 5.18. The quantitative estimate of drug-likeness (QED) is 0.533. The number of hydrogen-bond donors (Lipinski definition) is 1. The molecule has 2 unspecified atom stereocenters. The van der Waals surface area contributed by atoms with Crippen molar-refractivity contribution in [2.45, 2.75) is 58.7 Å². The van der Waals surface area contributed by atoms with E-state index in [0.717, 1.165) is 35.4 Å². The summed E-state index contributed by atoms with van der Waals surface area (Å²) in [6, 6.07) is 4.37. The normalized spacial score (nSPS) is 16.4. The van der Waals surface area contributed by atoms with E-state index in [1.807, 2.05) is 0 Å². The van der Waals surface area contributed by atoms with Gasteiger partial charge in [0.1, 0.15) is 5.00 Å². The second-order valence-corrected chi connectivity index (χ2v) is 9.38. The first-order valence-electron chi connectivity index (χ1n) is 11.0. The highest BCUT2D eigenvalue weighted by Crippen LogP contribution is 2.40. The minimum atomic E-state index is -4.53. The van der Waals surface area contributed by atoms with Crippen LogP contribution >= 0.6 is 11.3 Å². The van der Waals surface area contributed by atoms with Crippen molar-refractivity contribution in [3.63, 3.8) is 0 Å². The molecule has 10 heteroatoms. The lowest BCUT2D eigenvalue weighted by molar-refractivity contribution is -0.152. The number of hydrogen-bond acceptors (Lipinski definition) is 6. The molecule has 0 saturated heterocycles. The zero-order valence-electron chi connectivity index (χ0n) is 19.1. The minimum absolute atomic E-state index is 0.122. The lowest BCUT2D eigenvalue weighted by atomic mass is 9.88. The fraction of sp³-hybridized carbons (Fsp3) is 0.458. The number of nitrogens with one attached hydrogen (secondary N) is 1. The van der Waals surface area contributed by atoms with Gasteiger partial charge in [-0.3, -0.25) is 9.59 Å². The second-order valence-electron chi connectivity index (χ2n) is 8.27. The lowest BCUT2D eigenvalue weighted by Gasteiger charge is -2.18. The number of fused-ring (bicyclic) bond motifs is 1. The van der Waals surface area contributed by atoms with Crippen LogP contribution in [0.25, 0.3) is 0 Å². The van der Waals surface area contributed by atoms with Crippen molar-refractivity contribution >= 4 is 34.2 Å². The molecule has 34 heavy (non-hydrogen) atoms. The van der Waals surface area contributed by atoms with Crippen LogP contribution in [0.1, 0.15) is 59.1 Å². The molecule has 2 atom stereocenters. The van der Waals surface area contributed by atoms with Gasteiger partial charge in [0.05, 0.1) is 24.2 Å². The summed E-state index contributed by atoms with van der Waals surface area (Å²) in [5.74, 6) is -1.54. The summed E-state index contributed by atoms with van der Waals surface area (Å²) < 4.78 is 48.9. The Bertz CT molecular complexity index is 1080. The number of thiophene rings is 1. The average Bonchev–Trinajstić information content (AvgIpc) is 3.10. The molecule has 0 fully saturated rings. The summed E-state index contributed by atoms with van der Waals surface area (Å²) in [7, 11) is 0. The largest absolute Gasteiger partial charge is 0.462 e. The van der Waals surface area contributed by atoms with Crippen LogP contribution in [0, 0.1) is 5.92 Å². The van der Waals surface area contributed by atoms with Crippen LogP contribution in [0.15, 0.2) is 24.3 Å². The van der Waals surface area contributed by atoms with E-state index in [9.17, 15) is 27.6 Å². The van der Waals surface area contributed by atoms with Crippen molar-refractivity contribution in [3.8, 4) is 0 Å². The molecule has 0 spiro atoms. The third-order valence-electron chi connectivity index (χ3n) is 5.51. The van der Waals surface area contributed by atoms with Gasteiger partial charge in [0.2, 0.25) is 0 Å². The Morgan fingerprint density at radius 3 is 2.68 bits per heavy atom. The number of halogens is 3. The highest BCUT2D eigenvalue weighted by atomic mass is 32.1. The Morgan fingerprint density at radius 1 is 1.26 bits per heavy atom. The number of alkyl halides is 3. The molecule has 0 aliphatic heterocycles. The predicted molar refractivity (Wildman–Crippen MR) is 121 cm³/mol. The molecule has 0 bridgehead atoms. The van der Waals surface area contributed by atoms with Crippen LogP contribution in [0.3, 0.4) is 0 Å². The molecule has 3 rings (SSSR count). The molecular weight excluding hydrogens is 471 g/mol.